The van der Waals surface area contributed by atoms with Crippen molar-refractivity contribution in [2.45, 2.75) is 6.54 Å². The molecule has 1 aliphatic heterocycles. The molecule has 3 rings (SSSR count). The summed E-state index contributed by atoms with van der Waals surface area (Å²) >= 11 is 11.8. The molecule has 1 aliphatic rings. The van der Waals surface area contributed by atoms with Gasteiger partial charge in [-0.15, -0.1) is 10.2 Å². The highest BCUT2D eigenvalue weighted by molar-refractivity contribution is 6.30. The van der Waals surface area contributed by atoms with Crippen LogP contribution in [0.4, 0.5) is 5.82 Å². The van der Waals surface area contributed by atoms with Crippen molar-refractivity contribution in [2.24, 2.45) is 0 Å². The zero-order valence-electron chi connectivity index (χ0n) is 11.5. The Balaban J connectivity index is 1.56. The molecular weight excluding hydrogens is 307 g/mol. The van der Waals surface area contributed by atoms with E-state index in [4.69, 9.17) is 23.2 Å². The van der Waals surface area contributed by atoms with E-state index < -0.39 is 0 Å². The molecule has 2 heterocycles. The predicted octanol–water partition coefficient (Wildman–Crippen LogP) is 3.11. The quantitative estimate of drug-likeness (QED) is 0.869. The van der Waals surface area contributed by atoms with Gasteiger partial charge in [0.1, 0.15) is 0 Å². The first kappa shape index (κ1) is 14.6. The third kappa shape index (κ3) is 3.84. The van der Waals surface area contributed by atoms with E-state index in [1.54, 1.807) is 6.07 Å². The van der Waals surface area contributed by atoms with Gasteiger partial charge in [-0.05, 0) is 29.8 Å². The topological polar surface area (TPSA) is 32.3 Å². The van der Waals surface area contributed by atoms with Crippen molar-refractivity contribution in [3.63, 3.8) is 0 Å². The lowest BCUT2D eigenvalue weighted by Crippen LogP contribution is -2.46. The monoisotopic (exact) mass is 322 g/mol. The molecule has 1 aromatic carbocycles. The molecular formula is C15H16Cl2N4. The number of rotatable bonds is 3. The number of anilines is 1. The van der Waals surface area contributed by atoms with Gasteiger partial charge in [0.05, 0.1) is 0 Å². The van der Waals surface area contributed by atoms with Gasteiger partial charge < -0.3 is 4.90 Å². The zero-order valence-corrected chi connectivity index (χ0v) is 13.1. The summed E-state index contributed by atoms with van der Waals surface area (Å²) < 4.78 is 0. The molecule has 0 amide bonds. The maximum absolute atomic E-state index is 6.03. The first-order valence-electron chi connectivity index (χ1n) is 6.92. The van der Waals surface area contributed by atoms with E-state index in [-0.39, 0.29) is 0 Å². The van der Waals surface area contributed by atoms with Gasteiger partial charge in [0.15, 0.2) is 11.0 Å². The fraction of sp³-hybridized carbons (Fsp3) is 0.333. The number of hydrogen-bond acceptors (Lipinski definition) is 4. The van der Waals surface area contributed by atoms with Crippen LogP contribution in [0.5, 0.6) is 0 Å². The fourth-order valence-electron chi connectivity index (χ4n) is 2.51. The Kier molecular flexibility index (Phi) is 4.58. The van der Waals surface area contributed by atoms with E-state index in [1.807, 2.05) is 24.3 Å². The Hall–Kier alpha value is -1.36. The second-order valence-electron chi connectivity index (χ2n) is 5.11. The number of benzene rings is 1. The predicted molar refractivity (Wildman–Crippen MR) is 86.0 cm³/mol. The highest BCUT2D eigenvalue weighted by Crippen LogP contribution is 2.17. The summed E-state index contributed by atoms with van der Waals surface area (Å²) in [7, 11) is 0. The molecule has 2 aromatic rings. The molecule has 4 nitrogen and oxygen atoms in total. The van der Waals surface area contributed by atoms with Crippen LogP contribution in [-0.2, 0) is 6.54 Å². The number of hydrogen-bond donors (Lipinski definition) is 0. The average molecular weight is 323 g/mol. The second kappa shape index (κ2) is 6.60. The Morgan fingerprint density at radius 2 is 1.76 bits per heavy atom. The van der Waals surface area contributed by atoms with Crippen LogP contribution in [0.25, 0.3) is 0 Å². The van der Waals surface area contributed by atoms with E-state index in [2.05, 4.69) is 26.1 Å². The van der Waals surface area contributed by atoms with Crippen molar-refractivity contribution in [3.05, 3.63) is 52.1 Å². The Bertz CT molecular complexity index is 595. The van der Waals surface area contributed by atoms with Gasteiger partial charge >= 0.3 is 0 Å². The highest BCUT2D eigenvalue weighted by Gasteiger charge is 2.18. The Morgan fingerprint density at radius 3 is 2.43 bits per heavy atom. The minimum Gasteiger partial charge on any atom is -0.353 e. The van der Waals surface area contributed by atoms with Crippen LogP contribution in [-0.4, -0.2) is 41.3 Å². The molecule has 0 atom stereocenters. The lowest BCUT2D eigenvalue weighted by molar-refractivity contribution is 0.249. The van der Waals surface area contributed by atoms with E-state index in [0.717, 1.165) is 43.6 Å². The van der Waals surface area contributed by atoms with Crippen molar-refractivity contribution in [1.29, 1.82) is 0 Å². The van der Waals surface area contributed by atoms with Crippen LogP contribution in [0, 0.1) is 0 Å². The van der Waals surface area contributed by atoms with Gasteiger partial charge in [-0.3, -0.25) is 4.90 Å². The fourth-order valence-corrected chi connectivity index (χ4v) is 2.82. The molecule has 0 N–H and O–H groups in total. The number of halogens is 2. The maximum Gasteiger partial charge on any atom is 0.151 e. The summed E-state index contributed by atoms with van der Waals surface area (Å²) in [6.45, 7) is 4.81. The van der Waals surface area contributed by atoms with E-state index >= 15 is 0 Å². The van der Waals surface area contributed by atoms with Crippen molar-refractivity contribution >= 4 is 29.0 Å². The summed E-state index contributed by atoms with van der Waals surface area (Å²) in [5, 5.41) is 9.25. The average Bonchev–Trinajstić information content (AvgIpc) is 2.49. The van der Waals surface area contributed by atoms with Crippen LogP contribution in [0.1, 0.15) is 5.56 Å². The third-order valence-electron chi connectivity index (χ3n) is 3.61. The lowest BCUT2D eigenvalue weighted by Gasteiger charge is -2.35. The van der Waals surface area contributed by atoms with Gasteiger partial charge in [-0.2, -0.15) is 0 Å². The molecule has 0 radical (unpaired) electrons. The van der Waals surface area contributed by atoms with Crippen LogP contribution < -0.4 is 4.90 Å². The van der Waals surface area contributed by atoms with Crippen molar-refractivity contribution in [2.75, 3.05) is 31.1 Å². The van der Waals surface area contributed by atoms with Crippen LogP contribution >= 0.6 is 23.2 Å². The van der Waals surface area contributed by atoms with Crippen molar-refractivity contribution < 1.29 is 0 Å². The van der Waals surface area contributed by atoms with Crippen LogP contribution in [0.15, 0.2) is 36.4 Å². The molecule has 1 saturated heterocycles. The summed E-state index contributed by atoms with van der Waals surface area (Å²) in [4.78, 5) is 4.66. The van der Waals surface area contributed by atoms with E-state index in [0.29, 0.717) is 5.15 Å². The summed E-state index contributed by atoms with van der Waals surface area (Å²) in [5.41, 5.74) is 1.25. The molecule has 1 aromatic heterocycles. The molecule has 21 heavy (non-hydrogen) atoms. The normalized spacial score (nSPS) is 16.2. The highest BCUT2D eigenvalue weighted by atomic mass is 35.5. The van der Waals surface area contributed by atoms with Gasteiger partial charge in [0.25, 0.3) is 0 Å². The second-order valence-corrected chi connectivity index (χ2v) is 5.93. The van der Waals surface area contributed by atoms with Crippen molar-refractivity contribution in [1.82, 2.24) is 15.1 Å². The molecule has 0 aliphatic carbocycles. The standard InChI is InChI=1S/C15H16Cl2N4/c16-13-3-1-2-12(10-13)11-20-6-8-21(9-7-20)15-5-4-14(17)18-19-15/h1-5,10H,6-9,11H2. The first-order chi connectivity index (χ1) is 10.2. The third-order valence-corrected chi connectivity index (χ3v) is 4.05. The minimum absolute atomic E-state index is 0.429. The molecule has 0 unspecified atom stereocenters. The maximum atomic E-state index is 6.03. The molecule has 0 bridgehead atoms. The molecule has 0 spiro atoms. The van der Waals surface area contributed by atoms with Crippen molar-refractivity contribution in [3.8, 4) is 0 Å². The smallest absolute Gasteiger partial charge is 0.151 e. The number of aromatic nitrogens is 2. The molecule has 0 saturated carbocycles. The number of piperazine rings is 1. The summed E-state index contributed by atoms with van der Waals surface area (Å²) in [6.07, 6.45) is 0. The molecule has 110 valence electrons. The van der Waals surface area contributed by atoms with E-state index in [9.17, 15) is 0 Å². The SMILES string of the molecule is Clc1cccc(CN2CCN(c3ccc(Cl)nn3)CC2)c1. The summed E-state index contributed by atoms with van der Waals surface area (Å²) in [5.74, 6) is 0.891. The number of nitrogens with zero attached hydrogens (tertiary/aromatic N) is 4. The lowest BCUT2D eigenvalue weighted by atomic mass is 10.2. The minimum atomic E-state index is 0.429. The molecule has 1 fully saturated rings. The largest absolute Gasteiger partial charge is 0.353 e. The van der Waals surface area contributed by atoms with Gasteiger partial charge in [0.2, 0.25) is 0 Å². The first-order valence-corrected chi connectivity index (χ1v) is 7.67. The van der Waals surface area contributed by atoms with E-state index in [1.165, 1.54) is 5.56 Å². The zero-order chi connectivity index (χ0) is 14.7. The van der Waals surface area contributed by atoms with Gasteiger partial charge in [0, 0.05) is 37.7 Å². The Labute approximate surface area is 134 Å². The summed E-state index contributed by atoms with van der Waals surface area (Å²) in [6, 6.07) is 11.7. The van der Waals surface area contributed by atoms with Crippen LogP contribution in [0.2, 0.25) is 10.2 Å². The molecule has 6 heteroatoms. The van der Waals surface area contributed by atoms with Crippen LogP contribution in [0.3, 0.4) is 0 Å². The Morgan fingerprint density at radius 1 is 0.952 bits per heavy atom. The van der Waals surface area contributed by atoms with Gasteiger partial charge in [-0.25, -0.2) is 0 Å². The van der Waals surface area contributed by atoms with Gasteiger partial charge in [-0.1, -0.05) is 35.3 Å².